The van der Waals surface area contributed by atoms with Gasteiger partial charge in [-0.05, 0) is 70.3 Å². The Bertz CT molecular complexity index is 718. The van der Waals surface area contributed by atoms with Crippen molar-refractivity contribution in [3.05, 3.63) is 46.8 Å². The molecule has 1 unspecified atom stereocenters. The number of carbonyl (C=O) groups is 1. The monoisotopic (exact) mass is 362 g/mol. The van der Waals surface area contributed by atoms with E-state index in [0.717, 1.165) is 49.0 Å². The van der Waals surface area contributed by atoms with Gasteiger partial charge in [0.1, 0.15) is 0 Å². The van der Waals surface area contributed by atoms with Crippen molar-refractivity contribution in [2.75, 3.05) is 18.4 Å². The summed E-state index contributed by atoms with van der Waals surface area (Å²) in [4.78, 5) is 12.5. The van der Waals surface area contributed by atoms with Gasteiger partial charge >= 0.3 is 0 Å². The summed E-state index contributed by atoms with van der Waals surface area (Å²) >= 11 is 0. The Hall–Kier alpha value is -1.85. The maximum atomic E-state index is 12.5. The van der Waals surface area contributed by atoms with Crippen LogP contribution in [0.1, 0.15) is 40.7 Å². The molecule has 0 radical (unpaired) electrons. The highest BCUT2D eigenvalue weighted by Crippen LogP contribution is 2.21. The fourth-order valence-corrected chi connectivity index (χ4v) is 3.39. The van der Waals surface area contributed by atoms with E-state index in [-0.39, 0.29) is 18.3 Å². The smallest absolute Gasteiger partial charge is 0.255 e. The molecule has 1 fully saturated rings. The standard InChI is InChI=1S/C19H26N4O.ClH/c1-4-23-14(3)18(13(2)22-23)21-19(24)17-7-5-15(6-8-17)11-16-9-10-20-12-16;/h5-8,16,20H,4,9-12H2,1-3H3,(H,21,24);1H. The van der Waals surface area contributed by atoms with E-state index in [4.69, 9.17) is 0 Å². The number of hydrogen-bond acceptors (Lipinski definition) is 3. The van der Waals surface area contributed by atoms with E-state index >= 15 is 0 Å². The topological polar surface area (TPSA) is 59.0 Å². The number of nitrogens with one attached hydrogen (secondary N) is 2. The van der Waals surface area contributed by atoms with Crippen molar-refractivity contribution < 1.29 is 4.79 Å². The Morgan fingerprint density at radius 1 is 1.32 bits per heavy atom. The van der Waals surface area contributed by atoms with E-state index in [9.17, 15) is 4.79 Å². The summed E-state index contributed by atoms with van der Waals surface area (Å²) in [5.74, 6) is 0.640. The second-order valence-corrected chi connectivity index (χ2v) is 6.58. The summed E-state index contributed by atoms with van der Waals surface area (Å²) in [7, 11) is 0. The van der Waals surface area contributed by atoms with Gasteiger partial charge in [0.2, 0.25) is 0 Å². The summed E-state index contributed by atoms with van der Waals surface area (Å²) in [6.45, 7) is 8.97. The molecule has 1 saturated heterocycles. The number of rotatable bonds is 5. The number of benzene rings is 1. The molecule has 1 aliphatic rings. The minimum Gasteiger partial charge on any atom is -0.319 e. The zero-order valence-corrected chi connectivity index (χ0v) is 15.9. The molecule has 1 amide bonds. The summed E-state index contributed by atoms with van der Waals surface area (Å²) in [6.07, 6.45) is 2.32. The molecule has 0 spiro atoms. The molecule has 2 N–H and O–H groups in total. The number of aromatic nitrogens is 2. The largest absolute Gasteiger partial charge is 0.319 e. The molecule has 0 aliphatic carbocycles. The maximum absolute atomic E-state index is 12.5. The minimum absolute atomic E-state index is 0. The molecule has 1 aromatic heterocycles. The van der Waals surface area contributed by atoms with Crippen molar-refractivity contribution in [2.45, 2.75) is 40.2 Å². The molecule has 1 aliphatic heterocycles. The van der Waals surface area contributed by atoms with E-state index in [0.29, 0.717) is 5.56 Å². The first kappa shape index (κ1) is 19.5. The Labute approximate surface area is 155 Å². The molecule has 136 valence electrons. The molecular weight excluding hydrogens is 336 g/mol. The first-order chi connectivity index (χ1) is 11.6. The third-order valence-electron chi connectivity index (χ3n) is 4.82. The number of carbonyl (C=O) groups excluding carboxylic acids is 1. The zero-order chi connectivity index (χ0) is 17.1. The fourth-order valence-electron chi connectivity index (χ4n) is 3.39. The van der Waals surface area contributed by atoms with Crippen molar-refractivity contribution in [2.24, 2.45) is 5.92 Å². The molecule has 0 bridgehead atoms. The van der Waals surface area contributed by atoms with Crippen molar-refractivity contribution >= 4 is 24.0 Å². The number of nitrogens with zero attached hydrogens (tertiary/aromatic N) is 2. The summed E-state index contributed by atoms with van der Waals surface area (Å²) < 4.78 is 1.91. The summed E-state index contributed by atoms with van der Waals surface area (Å²) in [6, 6.07) is 7.98. The van der Waals surface area contributed by atoms with Crippen LogP contribution in [0, 0.1) is 19.8 Å². The second kappa shape index (κ2) is 8.50. The molecule has 0 saturated carbocycles. The highest BCUT2D eigenvalue weighted by molar-refractivity contribution is 6.04. The van der Waals surface area contributed by atoms with Gasteiger partial charge in [-0.25, -0.2) is 0 Å². The minimum atomic E-state index is -0.0778. The molecule has 1 atom stereocenters. The van der Waals surface area contributed by atoms with Crippen LogP contribution in [0.2, 0.25) is 0 Å². The maximum Gasteiger partial charge on any atom is 0.255 e. The number of anilines is 1. The van der Waals surface area contributed by atoms with Crippen LogP contribution in [0.25, 0.3) is 0 Å². The Morgan fingerprint density at radius 2 is 2.04 bits per heavy atom. The van der Waals surface area contributed by atoms with E-state index in [1.54, 1.807) is 0 Å². The first-order valence-electron chi connectivity index (χ1n) is 8.73. The number of aryl methyl sites for hydroxylation is 2. The van der Waals surface area contributed by atoms with Crippen LogP contribution in [0.3, 0.4) is 0 Å². The van der Waals surface area contributed by atoms with Crippen molar-refractivity contribution in [3.63, 3.8) is 0 Å². The first-order valence-corrected chi connectivity index (χ1v) is 8.73. The third-order valence-corrected chi connectivity index (χ3v) is 4.82. The van der Waals surface area contributed by atoms with Gasteiger partial charge in [0.25, 0.3) is 5.91 Å². The highest BCUT2D eigenvalue weighted by atomic mass is 35.5. The number of hydrogen-bond donors (Lipinski definition) is 2. The zero-order valence-electron chi connectivity index (χ0n) is 15.1. The van der Waals surface area contributed by atoms with Gasteiger partial charge in [-0.1, -0.05) is 12.1 Å². The van der Waals surface area contributed by atoms with E-state index in [1.165, 1.54) is 12.0 Å². The Balaban J connectivity index is 0.00000225. The normalized spacial score (nSPS) is 16.5. The van der Waals surface area contributed by atoms with Gasteiger partial charge in [-0.15, -0.1) is 12.4 Å². The van der Waals surface area contributed by atoms with Crippen LogP contribution in [-0.4, -0.2) is 28.8 Å². The molecule has 2 heterocycles. The molecule has 1 aromatic carbocycles. The molecule has 5 nitrogen and oxygen atoms in total. The van der Waals surface area contributed by atoms with Gasteiger partial charge in [-0.3, -0.25) is 9.48 Å². The molecule has 25 heavy (non-hydrogen) atoms. The van der Waals surface area contributed by atoms with Crippen LogP contribution < -0.4 is 10.6 Å². The lowest BCUT2D eigenvalue weighted by atomic mass is 9.98. The summed E-state index contributed by atoms with van der Waals surface area (Å²) in [5.41, 5.74) is 4.66. The lowest BCUT2D eigenvalue weighted by Gasteiger charge is -2.10. The van der Waals surface area contributed by atoms with Crippen molar-refractivity contribution in [1.82, 2.24) is 15.1 Å². The van der Waals surface area contributed by atoms with Crippen LogP contribution in [0.4, 0.5) is 5.69 Å². The van der Waals surface area contributed by atoms with Crippen LogP contribution in [-0.2, 0) is 13.0 Å². The quantitative estimate of drug-likeness (QED) is 0.857. The lowest BCUT2D eigenvalue weighted by Crippen LogP contribution is -2.14. The molecule has 6 heteroatoms. The van der Waals surface area contributed by atoms with Crippen LogP contribution >= 0.6 is 12.4 Å². The van der Waals surface area contributed by atoms with Crippen LogP contribution in [0.15, 0.2) is 24.3 Å². The second-order valence-electron chi connectivity index (χ2n) is 6.58. The SMILES string of the molecule is CCn1nc(C)c(NC(=O)c2ccc(CC3CCNC3)cc2)c1C.Cl. The number of amides is 1. The van der Waals surface area contributed by atoms with Gasteiger partial charge in [-0.2, -0.15) is 5.10 Å². The third kappa shape index (κ3) is 4.41. The fraction of sp³-hybridized carbons (Fsp3) is 0.474. The van der Waals surface area contributed by atoms with Crippen LogP contribution in [0.5, 0.6) is 0 Å². The van der Waals surface area contributed by atoms with E-state index in [2.05, 4.69) is 27.9 Å². The molecule has 2 aromatic rings. The van der Waals surface area contributed by atoms with Gasteiger partial charge in [0.05, 0.1) is 17.1 Å². The predicted molar refractivity (Wildman–Crippen MR) is 104 cm³/mol. The lowest BCUT2D eigenvalue weighted by molar-refractivity contribution is 0.102. The molecular formula is C19H27ClN4O. The van der Waals surface area contributed by atoms with Gasteiger partial charge in [0.15, 0.2) is 0 Å². The Kier molecular flexibility index (Phi) is 6.62. The van der Waals surface area contributed by atoms with E-state index in [1.807, 2.05) is 37.6 Å². The van der Waals surface area contributed by atoms with E-state index < -0.39 is 0 Å². The molecule has 3 rings (SSSR count). The van der Waals surface area contributed by atoms with Crippen molar-refractivity contribution in [1.29, 1.82) is 0 Å². The highest BCUT2D eigenvalue weighted by Gasteiger charge is 2.16. The van der Waals surface area contributed by atoms with Gasteiger partial charge < -0.3 is 10.6 Å². The van der Waals surface area contributed by atoms with Crippen molar-refractivity contribution in [3.8, 4) is 0 Å². The average molecular weight is 363 g/mol. The number of halogens is 1. The van der Waals surface area contributed by atoms with Gasteiger partial charge in [0, 0.05) is 12.1 Å². The average Bonchev–Trinajstić information content (AvgIpc) is 3.18. The predicted octanol–water partition coefficient (Wildman–Crippen LogP) is 3.35. The summed E-state index contributed by atoms with van der Waals surface area (Å²) in [5, 5.41) is 10.8. The Morgan fingerprint density at radius 3 is 2.60 bits per heavy atom.